The van der Waals surface area contributed by atoms with E-state index in [1.54, 1.807) is 72.8 Å². The van der Waals surface area contributed by atoms with Crippen molar-refractivity contribution >= 4 is 117 Å². The van der Waals surface area contributed by atoms with Crippen LogP contribution in [0.2, 0.25) is 5.02 Å². The number of hydrogen-bond donors (Lipinski definition) is 19. The topological polar surface area (TPSA) is 570 Å². The van der Waals surface area contributed by atoms with Gasteiger partial charge in [-0.25, -0.2) is 55.4 Å². The molecule has 7 rings (SSSR count). The average Bonchev–Trinajstić information content (AvgIpc) is 0.878. The number of fused-ring (bicyclic) bond motifs is 1. The normalized spacial score (nSPS) is 16.6. The molecule has 10 atom stereocenters. The smallest absolute Gasteiger partial charge is 0.306 e. The number of ether oxygens (including phenoxy) is 3. The summed E-state index contributed by atoms with van der Waals surface area (Å²) in [6.45, 7) is 11.4. The minimum atomic E-state index is -1.88. The Balaban J connectivity index is 1.29. The van der Waals surface area contributed by atoms with Crippen LogP contribution in [0.15, 0.2) is 190 Å². The van der Waals surface area contributed by atoms with Gasteiger partial charge in [-0.15, -0.1) is 0 Å². The molecule has 37 nitrogen and oxygen atoms in total. The zero-order chi connectivity index (χ0) is 91.6. The van der Waals surface area contributed by atoms with Crippen LogP contribution in [0.4, 0.5) is 11.4 Å². The van der Waals surface area contributed by atoms with E-state index in [1.807, 2.05) is 70.2 Å². The van der Waals surface area contributed by atoms with E-state index in [2.05, 4.69) is 81.2 Å². The molecule has 682 valence electrons. The monoisotopic (exact) mass is 1770 g/mol. The molecular formula is C88H119ClN18O19. The number of nitrogens with one attached hydrogen (secondary N) is 6. The van der Waals surface area contributed by atoms with Gasteiger partial charge < -0.3 is 101 Å². The SMILES string of the molecule is CONC(O)=NCCOCCOCCOCCC(=O)Nc1ccc(C[C@H](N=C(O)[C@H](CO)N=C(O)[C@@H](Cc2cccnc2)N=C(O)[C@@H](Cc2ccc(Cl)cc2)N=C(O)[C@@H](Cc2ccc3ccccc3c2)N=C(C)O)C(O)=N[C@H](Cc2ccc(NC(=N)O)cc2)C(O)=N[C@@H](CC(C)C)C(O)=N[C@@H](CCCCNC(C)C)C(=O)N2CCC[C@H]2C(O)=N[C@H](C)C(=N)O)cc1. The van der Waals surface area contributed by atoms with Gasteiger partial charge in [0.15, 0.2) is 11.9 Å². The first-order valence-electron chi connectivity index (χ1n) is 41.5. The molecule has 0 radical (unpaired) electrons. The van der Waals surface area contributed by atoms with Crippen LogP contribution in [-0.4, -0.2) is 299 Å². The molecule has 0 aliphatic carbocycles. The number of amidine groups is 2. The van der Waals surface area contributed by atoms with Crippen molar-refractivity contribution < 1.29 is 95.0 Å². The summed E-state index contributed by atoms with van der Waals surface area (Å²) in [5, 5.41) is 175. The van der Waals surface area contributed by atoms with E-state index in [9.17, 15) is 76.0 Å². The van der Waals surface area contributed by atoms with Crippen molar-refractivity contribution in [2.45, 2.75) is 185 Å². The number of benzene rings is 5. The molecule has 0 saturated carbocycles. The van der Waals surface area contributed by atoms with Crippen LogP contribution in [0.1, 0.15) is 114 Å². The fourth-order valence-corrected chi connectivity index (χ4v) is 13.3. The van der Waals surface area contributed by atoms with E-state index >= 15 is 0 Å². The number of aliphatic hydroxyl groups is 13. The Hall–Kier alpha value is -12.3. The predicted octanol–water partition coefficient (Wildman–Crippen LogP) is 11.4. The second-order valence-electron chi connectivity index (χ2n) is 30.6. The first-order valence-corrected chi connectivity index (χ1v) is 41.9. The van der Waals surface area contributed by atoms with E-state index in [0.717, 1.165) is 16.3 Å². The second-order valence-corrected chi connectivity index (χ2v) is 31.0. The van der Waals surface area contributed by atoms with Gasteiger partial charge in [-0.1, -0.05) is 124 Å². The van der Waals surface area contributed by atoms with Gasteiger partial charge >= 0.3 is 6.02 Å². The summed E-state index contributed by atoms with van der Waals surface area (Å²) < 4.78 is 16.6. The van der Waals surface area contributed by atoms with Gasteiger partial charge in [0, 0.05) is 80.4 Å². The van der Waals surface area contributed by atoms with Crippen molar-refractivity contribution in [2.75, 3.05) is 83.6 Å². The fraction of sp³-hybridized carbons (Fsp3) is 0.466. The van der Waals surface area contributed by atoms with Crippen LogP contribution >= 0.6 is 11.6 Å². The zero-order valence-corrected chi connectivity index (χ0v) is 72.5. The van der Waals surface area contributed by atoms with Crippen molar-refractivity contribution in [3.8, 4) is 0 Å². The Morgan fingerprint density at radius 2 is 1.02 bits per heavy atom. The molecule has 0 spiro atoms. The highest BCUT2D eigenvalue weighted by atomic mass is 35.5. The molecule has 2 amide bonds. The van der Waals surface area contributed by atoms with Crippen molar-refractivity contribution in [3.05, 3.63) is 173 Å². The molecule has 19 N–H and O–H groups in total. The van der Waals surface area contributed by atoms with Crippen LogP contribution in [0.3, 0.4) is 0 Å². The number of hydrogen-bond acceptors (Lipinski definition) is 21. The van der Waals surface area contributed by atoms with Gasteiger partial charge in [0.1, 0.15) is 54.4 Å². The summed E-state index contributed by atoms with van der Waals surface area (Å²) in [5.41, 5.74) is 5.37. The number of anilines is 2. The maximum absolute atomic E-state index is 14.8. The second kappa shape index (κ2) is 53.2. The quantitative estimate of drug-likeness (QED) is 0.00730. The number of rotatable bonds is 53. The van der Waals surface area contributed by atoms with E-state index < -0.39 is 138 Å². The van der Waals surface area contributed by atoms with Gasteiger partial charge in [-0.2, -0.15) is 0 Å². The predicted molar refractivity (Wildman–Crippen MR) is 490 cm³/mol. The molecule has 126 heavy (non-hydrogen) atoms. The van der Waals surface area contributed by atoms with Crippen molar-refractivity contribution in [1.29, 1.82) is 10.8 Å². The summed E-state index contributed by atoms with van der Waals surface area (Å²) >= 11 is 6.31. The Labute approximate surface area is 736 Å². The van der Waals surface area contributed by atoms with Crippen LogP contribution in [0.25, 0.3) is 10.8 Å². The highest BCUT2D eigenvalue weighted by molar-refractivity contribution is 6.30. The average molecular weight is 1770 g/mol. The lowest BCUT2D eigenvalue weighted by atomic mass is 10.0. The molecule has 1 aromatic heterocycles. The first kappa shape index (κ1) is 101. The Morgan fingerprint density at radius 1 is 0.540 bits per heavy atom. The summed E-state index contributed by atoms with van der Waals surface area (Å²) in [6.07, 6.45) is 3.90. The van der Waals surface area contributed by atoms with E-state index in [1.165, 1.54) is 50.4 Å². The van der Waals surface area contributed by atoms with Gasteiger partial charge in [-0.05, 0) is 139 Å². The lowest BCUT2D eigenvalue weighted by Gasteiger charge is -2.27. The standard InChI is InChI=1S/C88H119ClN18O19/c1-53(2)44-68(78(112)99-67(17-10-11-35-93-54(3)4)86(120)107-37-13-18-75(107)85(119)95-55(5)77(90)111)100-80(114)71(47-59-24-31-66(32-25-59)98-87(91)121)102-82(116)72(48-58-22-29-65(30-23-58)97-76(110)33-38-124-40-42-126-43-41-125-39-36-94-88(122)106-123-7)104-84(118)74(52-108)105-83(117)73(50-61-14-12-34-92-51-61)103-81(115)70(46-57-20-27-64(89)28-21-57)101-79(113)69(96-56(6)109)49-60-19-26-62-15-8-9-16-63(62)45-60/h8-9,12,14-16,19-32,34,45,51,53-55,67-75,93,108H,10-11,13,17-18,33,35-44,46-50,52H2,1-7H3,(H2,90,111)(H,95,119)(H,96,109)(H,97,110)(H,99,112)(H,100,114)(H,101,113)(H,102,116)(H,103,115)(H,104,118)(H,105,117)(H3,91,98,121)(H2,94,106,122)/t55-,67+,68+,69-,70-,71-,72+,73-,74+,75+/m1/s1. The number of pyridine rings is 1. The Morgan fingerprint density at radius 3 is 1.55 bits per heavy atom. The molecule has 1 fully saturated rings. The maximum Gasteiger partial charge on any atom is 0.306 e. The third kappa shape index (κ3) is 35.8. The number of aliphatic imine (C=N–C) groups is 10. The summed E-state index contributed by atoms with van der Waals surface area (Å²) in [5.74, 6) is -8.46. The Kier molecular flexibility index (Phi) is 42.5. The number of amides is 2. The maximum atomic E-state index is 14.8. The van der Waals surface area contributed by atoms with E-state index in [0.29, 0.717) is 70.9 Å². The number of halogens is 1. The molecule has 1 aliphatic heterocycles. The highest BCUT2D eigenvalue weighted by Gasteiger charge is 2.38. The summed E-state index contributed by atoms with van der Waals surface area (Å²) in [4.78, 5) is 82.4. The van der Waals surface area contributed by atoms with Crippen molar-refractivity contribution in [2.24, 2.45) is 55.8 Å². The van der Waals surface area contributed by atoms with E-state index in [-0.39, 0.29) is 128 Å². The van der Waals surface area contributed by atoms with Crippen molar-refractivity contribution in [1.82, 2.24) is 20.7 Å². The first-order chi connectivity index (χ1) is 60.3. The fourth-order valence-electron chi connectivity index (χ4n) is 13.2. The summed E-state index contributed by atoms with van der Waals surface area (Å²) in [6, 6.07) is 20.4. The molecule has 5 aromatic carbocycles. The van der Waals surface area contributed by atoms with Gasteiger partial charge in [0.25, 0.3) is 6.02 Å². The number of aromatic nitrogens is 1. The van der Waals surface area contributed by atoms with Crippen molar-refractivity contribution in [3.63, 3.8) is 0 Å². The molecule has 0 unspecified atom stereocenters. The number of likely N-dealkylation sites (tertiary alicyclic amines) is 1. The molecule has 38 heteroatoms. The number of nitrogens with zero attached hydrogens (tertiary/aromatic N) is 12. The Bertz CT molecular complexity index is 4760. The third-order valence-corrected chi connectivity index (χ3v) is 19.8. The lowest BCUT2D eigenvalue weighted by Crippen LogP contribution is -2.46. The number of carbonyl (C=O) groups excluding carboxylic acids is 2. The third-order valence-electron chi connectivity index (χ3n) is 19.6. The van der Waals surface area contributed by atoms with E-state index in [4.69, 9.17) is 36.6 Å². The molecule has 1 saturated heterocycles. The molecular weight excluding hydrogens is 1650 g/mol. The summed E-state index contributed by atoms with van der Waals surface area (Å²) in [7, 11) is 1.33. The number of unbranched alkanes of at least 4 members (excludes halogenated alkanes) is 1. The number of aliphatic hydroxyl groups excluding tert-OH is 13. The van der Waals surface area contributed by atoms with Gasteiger partial charge in [0.2, 0.25) is 64.9 Å². The minimum absolute atomic E-state index is 0.0124. The van der Waals surface area contributed by atoms with Crippen LogP contribution < -0.4 is 21.4 Å². The van der Waals surface area contributed by atoms with Crippen LogP contribution in [-0.2, 0) is 60.7 Å². The molecule has 1 aliphatic rings. The lowest BCUT2D eigenvalue weighted by molar-refractivity contribution is -0.132. The zero-order valence-electron chi connectivity index (χ0n) is 71.8. The van der Waals surface area contributed by atoms with Crippen LogP contribution in [0.5, 0.6) is 0 Å². The van der Waals surface area contributed by atoms with Gasteiger partial charge in [0.05, 0.1) is 66.3 Å². The molecule has 6 aromatic rings. The molecule has 2 heterocycles. The largest absolute Gasteiger partial charge is 0.497 e. The number of hydroxylamine groups is 1. The van der Waals surface area contributed by atoms with Gasteiger partial charge in [-0.3, -0.25) is 30.2 Å². The molecule has 0 bridgehead atoms. The number of carbonyl (C=O) groups is 2. The highest BCUT2D eigenvalue weighted by Crippen LogP contribution is 2.26. The minimum Gasteiger partial charge on any atom is -0.497 e. The van der Waals surface area contributed by atoms with Crippen LogP contribution in [0, 0.1) is 16.7 Å².